The van der Waals surface area contributed by atoms with Gasteiger partial charge in [-0.05, 0) is 26.0 Å². The topological polar surface area (TPSA) is 32.3 Å². The summed E-state index contributed by atoms with van der Waals surface area (Å²) in [5.74, 6) is 0. The predicted octanol–water partition coefficient (Wildman–Crippen LogP) is 2.43. The van der Waals surface area contributed by atoms with E-state index in [0.717, 1.165) is 4.34 Å². The molecule has 0 aromatic carbocycles. The van der Waals surface area contributed by atoms with Crippen molar-refractivity contribution in [2.24, 2.45) is 0 Å². The molecule has 0 unspecified atom stereocenters. The molecule has 0 saturated heterocycles. The van der Waals surface area contributed by atoms with E-state index in [2.05, 4.69) is 12.2 Å². The first-order valence-electron chi connectivity index (χ1n) is 4.25. The third-order valence-electron chi connectivity index (χ3n) is 1.83. The van der Waals surface area contributed by atoms with E-state index in [-0.39, 0.29) is 18.7 Å². The SMILES string of the molecule is C[C@H](CO)N[C@@H](C)c1ccc(Cl)s1. The van der Waals surface area contributed by atoms with Crippen molar-refractivity contribution in [2.75, 3.05) is 6.61 Å². The van der Waals surface area contributed by atoms with Crippen LogP contribution in [-0.4, -0.2) is 17.8 Å². The minimum atomic E-state index is 0.121. The summed E-state index contributed by atoms with van der Waals surface area (Å²) in [6.45, 7) is 4.17. The van der Waals surface area contributed by atoms with Crippen LogP contribution in [0.15, 0.2) is 12.1 Å². The highest BCUT2D eigenvalue weighted by atomic mass is 35.5. The molecule has 0 spiro atoms. The van der Waals surface area contributed by atoms with Gasteiger partial charge in [0.15, 0.2) is 0 Å². The molecule has 2 atom stereocenters. The van der Waals surface area contributed by atoms with Gasteiger partial charge in [0.25, 0.3) is 0 Å². The number of aliphatic hydroxyl groups is 1. The van der Waals surface area contributed by atoms with Crippen molar-refractivity contribution < 1.29 is 5.11 Å². The van der Waals surface area contributed by atoms with Gasteiger partial charge in [-0.25, -0.2) is 0 Å². The van der Waals surface area contributed by atoms with Gasteiger partial charge in [0.05, 0.1) is 10.9 Å². The molecule has 0 fully saturated rings. The normalized spacial score (nSPS) is 15.7. The molecule has 13 heavy (non-hydrogen) atoms. The van der Waals surface area contributed by atoms with Crippen LogP contribution >= 0.6 is 22.9 Å². The summed E-state index contributed by atoms with van der Waals surface area (Å²) in [6.07, 6.45) is 0. The highest BCUT2D eigenvalue weighted by molar-refractivity contribution is 7.16. The highest BCUT2D eigenvalue weighted by Gasteiger charge is 2.10. The van der Waals surface area contributed by atoms with E-state index in [1.165, 1.54) is 4.88 Å². The van der Waals surface area contributed by atoms with E-state index in [1.807, 2.05) is 19.1 Å². The van der Waals surface area contributed by atoms with Crippen LogP contribution in [0, 0.1) is 0 Å². The van der Waals surface area contributed by atoms with Gasteiger partial charge >= 0.3 is 0 Å². The standard InChI is InChI=1S/C9H14ClNOS/c1-6(5-12)11-7(2)8-3-4-9(10)13-8/h3-4,6-7,11-12H,5H2,1-2H3/t6-,7+/m1/s1. The summed E-state index contributed by atoms with van der Waals surface area (Å²) < 4.78 is 0.806. The Bertz CT molecular complexity index is 264. The lowest BCUT2D eigenvalue weighted by molar-refractivity contribution is 0.243. The maximum atomic E-state index is 8.85. The third kappa shape index (κ3) is 3.27. The molecule has 0 aliphatic heterocycles. The van der Waals surface area contributed by atoms with Gasteiger partial charge in [-0.2, -0.15) is 0 Å². The Morgan fingerprint density at radius 3 is 2.69 bits per heavy atom. The van der Waals surface area contributed by atoms with Crippen molar-refractivity contribution in [2.45, 2.75) is 25.9 Å². The quantitative estimate of drug-likeness (QED) is 0.816. The second-order valence-corrected chi connectivity index (χ2v) is 4.86. The predicted molar refractivity (Wildman–Crippen MR) is 57.4 cm³/mol. The molecular weight excluding hydrogens is 206 g/mol. The highest BCUT2D eigenvalue weighted by Crippen LogP contribution is 2.26. The molecule has 0 amide bonds. The first kappa shape index (κ1) is 11.0. The number of thiophene rings is 1. The summed E-state index contributed by atoms with van der Waals surface area (Å²) in [5, 5.41) is 12.1. The molecule has 1 aromatic rings. The molecule has 2 N–H and O–H groups in total. The molecular formula is C9H14ClNOS. The Kier molecular flexibility index (Phi) is 4.19. The molecule has 0 bridgehead atoms. The van der Waals surface area contributed by atoms with E-state index < -0.39 is 0 Å². The lowest BCUT2D eigenvalue weighted by Crippen LogP contribution is -2.31. The van der Waals surface area contributed by atoms with E-state index in [0.29, 0.717) is 0 Å². The molecule has 0 aliphatic rings. The van der Waals surface area contributed by atoms with Gasteiger partial charge in [-0.15, -0.1) is 11.3 Å². The Balaban J connectivity index is 2.53. The van der Waals surface area contributed by atoms with Crippen LogP contribution in [0.5, 0.6) is 0 Å². The fraction of sp³-hybridized carbons (Fsp3) is 0.556. The molecule has 2 nitrogen and oxygen atoms in total. The van der Waals surface area contributed by atoms with Crippen molar-refractivity contribution in [3.63, 3.8) is 0 Å². The smallest absolute Gasteiger partial charge is 0.0931 e. The first-order chi connectivity index (χ1) is 6.13. The summed E-state index contributed by atoms with van der Waals surface area (Å²) in [5.41, 5.74) is 0. The first-order valence-corrected chi connectivity index (χ1v) is 5.45. The number of aliphatic hydroxyl groups excluding tert-OH is 1. The fourth-order valence-corrected chi connectivity index (χ4v) is 2.20. The zero-order valence-corrected chi connectivity index (χ0v) is 9.32. The molecule has 74 valence electrons. The van der Waals surface area contributed by atoms with Crippen LogP contribution in [0.2, 0.25) is 4.34 Å². The zero-order chi connectivity index (χ0) is 9.84. The van der Waals surface area contributed by atoms with Crippen LogP contribution in [0.3, 0.4) is 0 Å². The molecule has 1 aromatic heterocycles. The Morgan fingerprint density at radius 1 is 1.54 bits per heavy atom. The second kappa shape index (κ2) is 4.96. The summed E-state index contributed by atoms with van der Waals surface area (Å²) in [6, 6.07) is 4.27. The van der Waals surface area contributed by atoms with E-state index in [9.17, 15) is 0 Å². The minimum Gasteiger partial charge on any atom is -0.395 e. The average molecular weight is 220 g/mol. The fourth-order valence-electron chi connectivity index (χ4n) is 1.12. The largest absolute Gasteiger partial charge is 0.395 e. The third-order valence-corrected chi connectivity index (χ3v) is 3.24. The Labute approximate surface area is 87.5 Å². The Hall–Kier alpha value is -0.0900. The monoisotopic (exact) mass is 219 g/mol. The average Bonchev–Trinajstić information content (AvgIpc) is 2.51. The van der Waals surface area contributed by atoms with Crippen LogP contribution in [-0.2, 0) is 0 Å². The lowest BCUT2D eigenvalue weighted by Gasteiger charge is -2.16. The van der Waals surface area contributed by atoms with Gasteiger partial charge in [-0.3, -0.25) is 0 Å². The van der Waals surface area contributed by atoms with Crippen molar-refractivity contribution in [1.82, 2.24) is 5.32 Å². The number of halogens is 1. The zero-order valence-electron chi connectivity index (χ0n) is 7.75. The van der Waals surface area contributed by atoms with Crippen molar-refractivity contribution in [3.05, 3.63) is 21.3 Å². The number of hydrogen-bond acceptors (Lipinski definition) is 3. The van der Waals surface area contributed by atoms with Crippen LogP contribution < -0.4 is 5.32 Å². The second-order valence-electron chi connectivity index (χ2n) is 3.11. The lowest BCUT2D eigenvalue weighted by atomic mass is 10.2. The molecule has 1 rings (SSSR count). The molecule has 0 aliphatic carbocycles. The van der Waals surface area contributed by atoms with Gasteiger partial charge in [0.1, 0.15) is 0 Å². The van der Waals surface area contributed by atoms with Crippen LogP contribution in [0.1, 0.15) is 24.8 Å². The number of hydrogen-bond donors (Lipinski definition) is 2. The maximum absolute atomic E-state index is 8.85. The van der Waals surface area contributed by atoms with E-state index >= 15 is 0 Å². The van der Waals surface area contributed by atoms with Crippen molar-refractivity contribution in [1.29, 1.82) is 0 Å². The van der Waals surface area contributed by atoms with Gasteiger partial charge in [-0.1, -0.05) is 11.6 Å². The van der Waals surface area contributed by atoms with E-state index in [4.69, 9.17) is 16.7 Å². The van der Waals surface area contributed by atoms with Crippen LogP contribution in [0.25, 0.3) is 0 Å². The number of rotatable bonds is 4. The van der Waals surface area contributed by atoms with Gasteiger partial charge in [0, 0.05) is 17.0 Å². The van der Waals surface area contributed by atoms with E-state index in [1.54, 1.807) is 11.3 Å². The minimum absolute atomic E-state index is 0.121. The molecule has 1 heterocycles. The molecule has 4 heteroatoms. The molecule has 0 radical (unpaired) electrons. The molecule has 0 saturated carbocycles. The number of nitrogens with one attached hydrogen (secondary N) is 1. The van der Waals surface area contributed by atoms with Gasteiger partial charge < -0.3 is 10.4 Å². The van der Waals surface area contributed by atoms with Crippen molar-refractivity contribution in [3.8, 4) is 0 Å². The summed E-state index contributed by atoms with van der Waals surface area (Å²) >= 11 is 7.39. The van der Waals surface area contributed by atoms with Crippen LogP contribution in [0.4, 0.5) is 0 Å². The van der Waals surface area contributed by atoms with Crippen molar-refractivity contribution >= 4 is 22.9 Å². The summed E-state index contributed by atoms with van der Waals surface area (Å²) in [4.78, 5) is 1.20. The Morgan fingerprint density at radius 2 is 2.23 bits per heavy atom. The maximum Gasteiger partial charge on any atom is 0.0931 e. The van der Waals surface area contributed by atoms with Gasteiger partial charge in [0.2, 0.25) is 0 Å². The summed E-state index contributed by atoms with van der Waals surface area (Å²) in [7, 11) is 0.